The summed E-state index contributed by atoms with van der Waals surface area (Å²) < 4.78 is 28.9. The molecule has 2 aromatic carbocycles. The number of aromatic nitrogens is 4. The van der Waals surface area contributed by atoms with Gasteiger partial charge in [0.05, 0.1) is 16.3 Å². The number of carbonyl (C=O) groups is 1. The summed E-state index contributed by atoms with van der Waals surface area (Å²) >= 11 is 0. The third-order valence-electron chi connectivity index (χ3n) is 3.62. The molecule has 0 atom stereocenters. The van der Waals surface area contributed by atoms with Gasteiger partial charge in [-0.3, -0.25) is 9.10 Å². The van der Waals surface area contributed by atoms with Crippen molar-refractivity contribution in [3.63, 3.8) is 0 Å². The van der Waals surface area contributed by atoms with Crippen molar-refractivity contribution < 1.29 is 13.2 Å². The van der Waals surface area contributed by atoms with E-state index in [-0.39, 0.29) is 17.9 Å². The quantitative estimate of drug-likeness (QED) is 0.652. The summed E-state index contributed by atoms with van der Waals surface area (Å²) in [5.74, 6) is -0.580. The van der Waals surface area contributed by atoms with Gasteiger partial charge in [-0.05, 0) is 40.8 Å². The largest absolute Gasteiger partial charge is 0.370 e. The van der Waals surface area contributed by atoms with E-state index in [1.807, 2.05) is 0 Å². The highest BCUT2D eigenvalue weighted by Crippen LogP contribution is 2.25. The second-order valence-corrected chi connectivity index (χ2v) is 7.24. The zero-order chi connectivity index (χ0) is 18.6. The summed E-state index contributed by atoms with van der Waals surface area (Å²) in [5, 5.41) is 10.8. The summed E-state index contributed by atoms with van der Waals surface area (Å²) in [5.41, 5.74) is 6.15. The summed E-state index contributed by atoms with van der Waals surface area (Å²) in [6, 6.07) is 14.8. The Morgan fingerprint density at radius 3 is 2.54 bits per heavy atom. The summed E-state index contributed by atoms with van der Waals surface area (Å²) in [6.07, 6.45) is 1.27. The molecule has 0 spiro atoms. The average molecular weight is 372 g/mol. The molecule has 0 bridgehead atoms. The first-order valence-corrected chi connectivity index (χ1v) is 9.12. The number of tetrazole rings is 1. The zero-order valence-electron chi connectivity index (χ0n) is 13.6. The van der Waals surface area contributed by atoms with Crippen molar-refractivity contribution in [2.75, 3.05) is 10.8 Å². The predicted octanol–water partition coefficient (Wildman–Crippen LogP) is 0.733. The number of hydrogen-bond acceptors (Lipinski definition) is 6. The van der Waals surface area contributed by atoms with Gasteiger partial charge < -0.3 is 5.73 Å². The highest BCUT2D eigenvalue weighted by molar-refractivity contribution is 7.92. The number of nitrogens with zero attached hydrogens (tertiary/aromatic N) is 5. The maximum absolute atomic E-state index is 13.2. The minimum absolute atomic E-state index is 0.0545. The lowest BCUT2D eigenvalue weighted by atomic mass is 10.3. The third-order valence-corrected chi connectivity index (χ3v) is 5.45. The van der Waals surface area contributed by atoms with Crippen LogP contribution in [-0.2, 0) is 14.8 Å². The van der Waals surface area contributed by atoms with Crippen LogP contribution in [0.25, 0.3) is 5.69 Å². The molecular formula is C16H16N6O3S. The molecule has 0 aliphatic carbocycles. The second-order valence-electron chi connectivity index (χ2n) is 5.38. The lowest BCUT2D eigenvalue weighted by molar-refractivity contribution is -0.117. The third kappa shape index (κ3) is 3.70. The molecule has 3 rings (SSSR count). The van der Waals surface area contributed by atoms with Gasteiger partial charge in [-0.15, -0.1) is 5.10 Å². The minimum atomic E-state index is -3.92. The van der Waals surface area contributed by atoms with Gasteiger partial charge in [-0.2, -0.15) is 0 Å². The van der Waals surface area contributed by atoms with Crippen LogP contribution in [0.15, 0.2) is 65.8 Å². The molecule has 0 unspecified atom stereocenters. The van der Waals surface area contributed by atoms with Crippen molar-refractivity contribution in [3.05, 3.63) is 60.9 Å². The van der Waals surface area contributed by atoms with Crippen molar-refractivity contribution >= 4 is 21.6 Å². The molecule has 0 radical (unpaired) electrons. The Kier molecular flexibility index (Phi) is 4.94. The molecule has 0 aliphatic heterocycles. The van der Waals surface area contributed by atoms with Gasteiger partial charge in [-0.1, -0.05) is 24.3 Å². The Bertz CT molecular complexity index is 990. The number of hydrogen-bond donors (Lipinski definition) is 1. The molecule has 1 amide bonds. The van der Waals surface area contributed by atoms with Crippen molar-refractivity contribution in [2.45, 2.75) is 11.3 Å². The zero-order valence-corrected chi connectivity index (χ0v) is 14.5. The minimum Gasteiger partial charge on any atom is -0.370 e. The Hall–Kier alpha value is -3.27. The van der Waals surface area contributed by atoms with Crippen LogP contribution in [-0.4, -0.2) is 41.1 Å². The monoisotopic (exact) mass is 372 g/mol. The van der Waals surface area contributed by atoms with E-state index in [1.165, 1.54) is 23.1 Å². The fourth-order valence-corrected chi connectivity index (χ4v) is 3.89. The van der Waals surface area contributed by atoms with Crippen LogP contribution < -0.4 is 10.0 Å². The molecule has 0 fully saturated rings. The van der Waals surface area contributed by atoms with Gasteiger partial charge in [0.25, 0.3) is 10.0 Å². The van der Waals surface area contributed by atoms with Gasteiger partial charge in [0.15, 0.2) is 0 Å². The fourth-order valence-electron chi connectivity index (χ4n) is 2.39. The lowest BCUT2D eigenvalue weighted by Crippen LogP contribution is -2.34. The fraction of sp³-hybridized carbons (Fsp3) is 0.125. The second kappa shape index (κ2) is 7.31. The Morgan fingerprint density at radius 1 is 1.12 bits per heavy atom. The first-order chi connectivity index (χ1) is 12.5. The molecule has 2 N–H and O–H groups in total. The van der Waals surface area contributed by atoms with Crippen LogP contribution in [0.4, 0.5) is 5.69 Å². The number of amides is 1. The smallest absolute Gasteiger partial charge is 0.264 e. The molecule has 0 saturated heterocycles. The summed E-state index contributed by atoms with van der Waals surface area (Å²) in [4.78, 5) is 11.2. The van der Waals surface area contributed by atoms with Crippen LogP contribution in [0.5, 0.6) is 0 Å². The van der Waals surface area contributed by atoms with E-state index in [9.17, 15) is 13.2 Å². The molecule has 9 nitrogen and oxygen atoms in total. The molecule has 1 aromatic heterocycles. The molecule has 1 heterocycles. The van der Waals surface area contributed by atoms with Crippen LogP contribution in [0.2, 0.25) is 0 Å². The van der Waals surface area contributed by atoms with E-state index < -0.39 is 15.9 Å². The molecular weight excluding hydrogens is 356 g/mol. The number of rotatable bonds is 7. The van der Waals surface area contributed by atoms with E-state index in [1.54, 1.807) is 42.5 Å². The van der Waals surface area contributed by atoms with Gasteiger partial charge in [0, 0.05) is 13.0 Å². The van der Waals surface area contributed by atoms with Crippen LogP contribution in [0, 0.1) is 0 Å². The number of carbonyl (C=O) groups excluding carboxylic acids is 1. The maximum Gasteiger partial charge on any atom is 0.264 e. The highest BCUT2D eigenvalue weighted by Gasteiger charge is 2.25. The SMILES string of the molecule is NC(=O)CCN(c1ccccc1)S(=O)(=O)c1cccc(-n2cnnn2)c1. The molecule has 10 heteroatoms. The van der Waals surface area contributed by atoms with E-state index >= 15 is 0 Å². The molecule has 26 heavy (non-hydrogen) atoms. The average Bonchev–Trinajstić information content (AvgIpc) is 3.17. The highest BCUT2D eigenvalue weighted by atomic mass is 32.2. The number of anilines is 1. The standard InChI is InChI=1S/C16H16N6O3S/c17-16(23)9-10-22(13-5-2-1-3-6-13)26(24,25)15-8-4-7-14(11-15)21-12-18-19-20-21/h1-8,11-12H,9-10H2,(H2,17,23). The molecule has 3 aromatic rings. The van der Waals surface area contributed by atoms with E-state index in [2.05, 4.69) is 15.5 Å². The first-order valence-electron chi connectivity index (χ1n) is 7.68. The number of nitrogens with two attached hydrogens (primary N) is 1. The Morgan fingerprint density at radius 2 is 1.88 bits per heavy atom. The number of primary amides is 1. The Balaban J connectivity index is 2.02. The van der Waals surface area contributed by atoms with E-state index in [4.69, 9.17) is 5.73 Å². The van der Waals surface area contributed by atoms with Crippen LogP contribution in [0.1, 0.15) is 6.42 Å². The number of sulfonamides is 1. The lowest BCUT2D eigenvalue weighted by Gasteiger charge is -2.24. The van der Waals surface area contributed by atoms with Gasteiger partial charge in [-0.25, -0.2) is 13.1 Å². The number of benzene rings is 2. The van der Waals surface area contributed by atoms with Crippen molar-refractivity contribution in [2.24, 2.45) is 5.73 Å². The molecule has 134 valence electrons. The van der Waals surface area contributed by atoms with Gasteiger partial charge in [0.1, 0.15) is 6.33 Å². The normalized spacial score (nSPS) is 11.2. The van der Waals surface area contributed by atoms with E-state index in [0.29, 0.717) is 11.4 Å². The maximum atomic E-state index is 13.2. The van der Waals surface area contributed by atoms with Gasteiger partial charge in [0.2, 0.25) is 5.91 Å². The van der Waals surface area contributed by atoms with Crippen LogP contribution >= 0.6 is 0 Å². The van der Waals surface area contributed by atoms with E-state index in [0.717, 1.165) is 4.31 Å². The Labute approximate surface area is 150 Å². The number of para-hydroxylation sites is 1. The summed E-state index contributed by atoms with van der Waals surface area (Å²) in [6.45, 7) is -0.0587. The first kappa shape index (κ1) is 17.5. The molecule has 0 aliphatic rings. The van der Waals surface area contributed by atoms with Crippen molar-refractivity contribution in [3.8, 4) is 5.69 Å². The topological polar surface area (TPSA) is 124 Å². The van der Waals surface area contributed by atoms with Crippen LogP contribution in [0.3, 0.4) is 0 Å². The van der Waals surface area contributed by atoms with Crippen molar-refractivity contribution in [1.29, 1.82) is 0 Å². The summed E-state index contributed by atoms with van der Waals surface area (Å²) in [7, 11) is -3.92. The predicted molar refractivity (Wildman–Crippen MR) is 93.9 cm³/mol. The van der Waals surface area contributed by atoms with Crippen molar-refractivity contribution in [1.82, 2.24) is 20.2 Å². The molecule has 0 saturated carbocycles. The van der Waals surface area contributed by atoms with Gasteiger partial charge >= 0.3 is 0 Å².